The van der Waals surface area contributed by atoms with Gasteiger partial charge in [0.2, 0.25) is 5.89 Å². The Kier molecular flexibility index (Phi) is 4.42. The van der Waals surface area contributed by atoms with Crippen molar-refractivity contribution in [2.45, 2.75) is 43.7 Å². The molecule has 2 atom stereocenters. The van der Waals surface area contributed by atoms with Crippen LogP contribution >= 0.6 is 23.1 Å². The zero-order valence-electron chi connectivity index (χ0n) is 10.7. The van der Waals surface area contributed by atoms with Gasteiger partial charge in [0.1, 0.15) is 0 Å². The third-order valence-corrected chi connectivity index (χ3v) is 5.09. The van der Waals surface area contributed by atoms with E-state index in [-0.39, 0.29) is 11.3 Å². The van der Waals surface area contributed by atoms with Gasteiger partial charge in [-0.05, 0) is 25.5 Å². The van der Waals surface area contributed by atoms with E-state index in [9.17, 15) is 0 Å². The summed E-state index contributed by atoms with van der Waals surface area (Å²) in [4.78, 5) is 2.56. The van der Waals surface area contributed by atoms with Gasteiger partial charge in [-0.3, -0.25) is 0 Å². The number of aryl methyl sites for hydroxylation is 2. The molecule has 98 valence electrons. The zero-order valence-corrected chi connectivity index (χ0v) is 12.3. The Hall–Kier alpha value is -0.850. The van der Waals surface area contributed by atoms with E-state index in [1.54, 1.807) is 30.0 Å². The number of hydrogen-bond acceptors (Lipinski definition) is 6. The lowest BCUT2D eigenvalue weighted by Crippen LogP contribution is -2.25. The molecule has 2 N–H and O–H groups in total. The Morgan fingerprint density at radius 2 is 2.17 bits per heavy atom. The molecule has 0 aliphatic rings. The lowest BCUT2D eigenvalue weighted by molar-refractivity contribution is 0.427. The second kappa shape index (κ2) is 5.86. The molecule has 2 heterocycles. The first kappa shape index (κ1) is 13.6. The molecule has 0 saturated carbocycles. The molecule has 0 aromatic carbocycles. The minimum Gasteiger partial charge on any atom is -0.416 e. The second-order valence-electron chi connectivity index (χ2n) is 4.15. The summed E-state index contributed by atoms with van der Waals surface area (Å²) < 4.78 is 5.43. The van der Waals surface area contributed by atoms with Crippen LogP contribution in [0.15, 0.2) is 21.8 Å². The number of aromatic nitrogens is 2. The average Bonchev–Trinajstić information content (AvgIpc) is 2.94. The summed E-state index contributed by atoms with van der Waals surface area (Å²) in [6.45, 7) is 5.99. The van der Waals surface area contributed by atoms with Crippen LogP contribution in [0.25, 0.3) is 0 Å². The van der Waals surface area contributed by atoms with Crippen molar-refractivity contribution in [2.75, 3.05) is 0 Å². The Bertz CT molecular complexity index is 509. The third-order valence-electron chi connectivity index (χ3n) is 2.64. The highest BCUT2D eigenvalue weighted by Gasteiger charge is 2.23. The molecule has 2 unspecified atom stereocenters. The van der Waals surface area contributed by atoms with E-state index in [4.69, 9.17) is 10.2 Å². The van der Waals surface area contributed by atoms with Crippen LogP contribution in [0.5, 0.6) is 0 Å². The molecule has 0 spiro atoms. The van der Waals surface area contributed by atoms with Gasteiger partial charge in [0.15, 0.2) is 0 Å². The fourth-order valence-corrected chi connectivity index (χ4v) is 3.87. The van der Waals surface area contributed by atoms with E-state index in [2.05, 4.69) is 36.2 Å². The van der Waals surface area contributed by atoms with Crippen LogP contribution in [-0.4, -0.2) is 16.2 Å². The normalized spacial score (nSPS) is 14.7. The number of hydrogen-bond donors (Lipinski definition) is 1. The smallest absolute Gasteiger partial charge is 0.277 e. The van der Waals surface area contributed by atoms with Crippen molar-refractivity contribution in [3.05, 3.63) is 27.8 Å². The van der Waals surface area contributed by atoms with Crippen LogP contribution in [0.4, 0.5) is 0 Å². The average molecular weight is 283 g/mol. The standard InChI is InChI=1S/C12H17N3OS2/c1-4-9(13)11(10-6-5-7(2)17-10)18-12-15-14-8(3)16-12/h5-6,9,11H,4,13H2,1-3H3. The second-order valence-corrected chi connectivity index (χ2v) is 6.56. The molecule has 2 aromatic heterocycles. The first-order valence-electron chi connectivity index (χ1n) is 5.88. The number of thioether (sulfide) groups is 1. The molecular formula is C12H17N3OS2. The van der Waals surface area contributed by atoms with E-state index < -0.39 is 0 Å². The molecule has 0 saturated heterocycles. The number of thiophene rings is 1. The molecule has 18 heavy (non-hydrogen) atoms. The van der Waals surface area contributed by atoms with Gasteiger partial charge < -0.3 is 10.2 Å². The number of rotatable bonds is 5. The molecule has 2 rings (SSSR count). The van der Waals surface area contributed by atoms with Crippen molar-refractivity contribution in [1.29, 1.82) is 0 Å². The summed E-state index contributed by atoms with van der Waals surface area (Å²) in [6.07, 6.45) is 0.918. The molecular weight excluding hydrogens is 266 g/mol. The predicted molar refractivity (Wildman–Crippen MR) is 75.0 cm³/mol. The maximum Gasteiger partial charge on any atom is 0.277 e. The summed E-state index contributed by atoms with van der Waals surface area (Å²) in [5.41, 5.74) is 6.21. The fourth-order valence-electron chi connectivity index (χ4n) is 1.61. The van der Waals surface area contributed by atoms with E-state index in [0.717, 1.165) is 6.42 Å². The number of nitrogens with two attached hydrogens (primary N) is 1. The molecule has 0 radical (unpaired) electrons. The first-order valence-corrected chi connectivity index (χ1v) is 7.58. The van der Waals surface area contributed by atoms with Crippen LogP contribution in [0.1, 0.15) is 34.2 Å². The van der Waals surface area contributed by atoms with E-state index in [1.165, 1.54) is 9.75 Å². The SMILES string of the molecule is CCC(N)C(Sc1nnc(C)o1)c1ccc(C)s1. The van der Waals surface area contributed by atoms with E-state index >= 15 is 0 Å². The minimum absolute atomic E-state index is 0.0836. The summed E-state index contributed by atoms with van der Waals surface area (Å²) in [5.74, 6) is 0.587. The monoisotopic (exact) mass is 283 g/mol. The highest BCUT2D eigenvalue weighted by atomic mass is 32.2. The highest BCUT2D eigenvalue weighted by molar-refractivity contribution is 7.99. The van der Waals surface area contributed by atoms with Crippen molar-refractivity contribution in [3.63, 3.8) is 0 Å². The van der Waals surface area contributed by atoms with Crippen molar-refractivity contribution >= 4 is 23.1 Å². The van der Waals surface area contributed by atoms with Gasteiger partial charge >= 0.3 is 0 Å². The van der Waals surface area contributed by atoms with Gasteiger partial charge in [-0.25, -0.2) is 0 Å². The molecule has 6 heteroatoms. The topological polar surface area (TPSA) is 64.9 Å². The molecule has 0 aliphatic carbocycles. The van der Waals surface area contributed by atoms with Crippen LogP contribution in [0, 0.1) is 13.8 Å². The molecule has 4 nitrogen and oxygen atoms in total. The lowest BCUT2D eigenvalue weighted by atomic mass is 10.1. The maximum absolute atomic E-state index is 6.21. The lowest BCUT2D eigenvalue weighted by Gasteiger charge is -2.19. The van der Waals surface area contributed by atoms with Gasteiger partial charge in [-0.15, -0.1) is 21.5 Å². The van der Waals surface area contributed by atoms with E-state index in [1.807, 2.05) is 0 Å². The first-order chi connectivity index (χ1) is 8.60. The third kappa shape index (κ3) is 3.13. The van der Waals surface area contributed by atoms with Crippen LogP contribution in [-0.2, 0) is 0 Å². The quantitative estimate of drug-likeness (QED) is 0.853. The fraction of sp³-hybridized carbons (Fsp3) is 0.500. The molecule has 0 amide bonds. The van der Waals surface area contributed by atoms with Crippen LogP contribution < -0.4 is 5.73 Å². The minimum atomic E-state index is 0.0836. The zero-order chi connectivity index (χ0) is 13.1. The molecule has 0 aliphatic heterocycles. The Labute approximate surface area is 115 Å². The molecule has 2 aromatic rings. The summed E-state index contributed by atoms with van der Waals surface area (Å²) in [5, 5.41) is 8.64. The number of nitrogens with zero attached hydrogens (tertiary/aromatic N) is 2. The maximum atomic E-state index is 6.21. The van der Waals surface area contributed by atoms with Gasteiger partial charge in [0.25, 0.3) is 5.22 Å². The van der Waals surface area contributed by atoms with Crippen molar-refractivity contribution in [2.24, 2.45) is 5.73 Å². The molecule has 0 bridgehead atoms. The summed E-state index contributed by atoms with van der Waals surface area (Å²) in [6, 6.07) is 4.34. The predicted octanol–water partition coefficient (Wildman–Crippen LogP) is 3.32. The Balaban J connectivity index is 2.20. The van der Waals surface area contributed by atoms with Crippen LogP contribution in [0.3, 0.4) is 0 Å². The molecule has 0 fully saturated rings. The van der Waals surface area contributed by atoms with Gasteiger partial charge in [0.05, 0.1) is 5.25 Å². The summed E-state index contributed by atoms with van der Waals surface area (Å²) in [7, 11) is 0. The van der Waals surface area contributed by atoms with Gasteiger partial charge in [0, 0.05) is 22.7 Å². The highest BCUT2D eigenvalue weighted by Crippen LogP contribution is 2.40. The largest absolute Gasteiger partial charge is 0.416 e. The van der Waals surface area contributed by atoms with Crippen molar-refractivity contribution in [1.82, 2.24) is 10.2 Å². The van der Waals surface area contributed by atoms with Gasteiger partial charge in [-0.1, -0.05) is 18.7 Å². The Morgan fingerprint density at radius 1 is 1.39 bits per heavy atom. The van der Waals surface area contributed by atoms with Crippen molar-refractivity contribution < 1.29 is 4.42 Å². The Morgan fingerprint density at radius 3 is 2.67 bits per heavy atom. The van der Waals surface area contributed by atoms with Crippen molar-refractivity contribution in [3.8, 4) is 0 Å². The van der Waals surface area contributed by atoms with Crippen LogP contribution in [0.2, 0.25) is 0 Å². The van der Waals surface area contributed by atoms with Gasteiger partial charge in [-0.2, -0.15) is 0 Å². The van der Waals surface area contributed by atoms with E-state index in [0.29, 0.717) is 11.1 Å². The summed E-state index contributed by atoms with van der Waals surface area (Å²) >= 11 is 3.33.